The fourth-order valence-corrected chi connectivity index (χ4v) is 1.75. The van der Waals surface area contributed by atoms with E-state index in [2.05, 4.69) is 18.7 Å². The van der Waals surface area contributed by atoms with Crippen LogP contribution >= 0.6 is 0 Å². The minimum Gasteiger partial charge on any atom is -0.466 e. The maximum Gasteiger partial charge on any atom is 0.312 e. The summed E-state index contributed by atoms with van der Waals surface area (Å²) in [6.07, 6.45) is 4.45. The molecule has 0 spiro atoms. The van der Waals surface area contributed by atoms with Gasteiger partial charge in [0.1, 0.15) is 0 Å². The first-order chi connectivity index (χ1) is 8.27. The molecule has 0 heterocycles. The second-order valence-electron chi connectivity index (χ2n) is 3.97. The number of hydrogen-bond acceptors (Lipinski definition) is 2. The van der Waals surface area contributed by atoms with Crippen LogP contribution < -0.4 is 0 Å². The molecule has 0 aliphatic heterocycles. The molecule has 0 aromatic heterocycles. The summed E-state index contributed by atoms with van der Waals surface area (Å²) in [6.45, 7) is 5.94. The number of hydrogen-bond donors (Lipinski definition) is 0. The molecule has 0 N–H and O–H groups in total. The smallest absolute Gasteiger partial charge is 0.312 e. The van der Waals surface area contributed by atoms with Crippen molar-refractivity contribution >= 4 is 5.97 Å². The van der Waals surface area contributed by atoms with Crippen LogP contribution in [0.4, 0.5) is 0 Å². The third-order valence-electron chi connectivity index (χ3n) is 2.70. The largest absolute Gasteiger partial charge is 0.466 e. The predicted molar refractivity (Wildman–Crippen MR) is 69.7 cm³/mol. The number of carbonyl (C=O) groups excluding carboxylic acids is 1. The van der Waals surface area contributed by atoms with E-state index < -0.39 is 0 Å². The molecule has 0 unspecified atom stereocenters. The van der Waals surface area contributed by atoms with Crippen LogP contribution in [0.5, 0.6) is 0 Å². The summed E-state index contributed by atoms with van der Waals surface area (Å²) in [5, 5.41) is 0. The van der Waals surface area contributed by atoms with E-state index in [4.69, 9.17) is 4.74 Å². The van der Waals surface area contributed by atoms with Crippen LogP contribution in [0.3, 0.4) is 0 Å². The highest BCUT2D eigenvalue weighted by Gasteiger charge is 2.15. The van der Waals surface area contributed by atoms with Crippen molar-refractivity contribution in [1.29, 1.82) is 0 Å². The van der Waals surface area contributed by atoms with Gasteiger partial charge in [-0.3, -0.25) is 4.79 Å². The molecule has 17 heavy (non-hydrogen) atoms. The van der Waals surface area contributed by atoms with Gasteiger partial charge in [-0.15, -0.1) is 6.58 Å². The monoisotopic (exact) mass is 232 g/mol. The van der Waals surface area contributed by atoms with Crippen molar-refractivity contribution in [3.8, 4) is 0 Å². The number of benzene rings is 1. The average Bonchev–Trinajstić information content (AvgIpc) is 2.36. The van der Waals surface area contributed by atoms with Gasteiger partial charge in [0.05, 0.1) is 12.5 Å². The summed E-state index contributed by atoms with van der Waals surface area (Å²) >= 11 is 0. The zero-order valence-electron chi connectivity index (χ0n) is 10.4. The maximum atomic E-state index is 11.5. The van der Waals surface area contributed by atoms with Crippen LogP contribution in [0.1, 0.15) is 25.3 Å². The van der Waals surface area contributed by atoms with Gasteiger partial charge in [0.2, 0.25) is 0 Å². The van der Waals surface area contributed by atoms with Crippen molar-refractivity contribution in [2.24, 2.45) is 5.92 Å². The Hall–Kier alpha value is -1.57. The zero-order chi connectivity index (χ0) is 12.5. The molecular formula is C15H20O2. The molecular weight excluding hydrogens is 212 g/mol. The molecule has 1 aromatic carbocycles. The Kier molecular flexibility index (Phi) is 6.08. The summed E-state index contributed by atoms with van der Waals surface area (Å²) in [5.74, 6) is -0.325. The molecule has 0 amide bonds. The van der Waals surface area contributed by atoms with Gasteiger partial charge in [0.25, 0.3) is 0 Å². The highest BCUT2D eigenvalue weighted by atomic mass is 16.5. The van der Waals surface area contributed by atoms with Crippen molar-refractivity contribution in [3.05, 3.63) is 48.6 Å². The first-order valence-electron chi connectivity index (χ1n) is 6.11. The standard InChI is InChI=1S/C15H20O2/c1-3-14(15(16)17-4-2)12-8-11-13-9-6-5-7-10-13/h3,5-7,9-10,14H,1,4,8,11-12H2,2H3/t14-/m1/s1. The number of rotatable bonds is 7. The Morgan fingerprint density at radius 3 is 2.71 bits per heavy atom. The van der Waals surface area contributed by atoms with Gasteiger partial charge in [0.15, 0.2) is 0 Å². The van der Waals surface area contributed by atoms with Crippen molar-refractivity contribution < 1.29 is 9.53 Å². The molecule has 0 aliphatic carbocycles. The molecule has 2 nitrogen and oxygen atoms in total. The van der Waals surface area contributed by atoms with Crippen molar-refractivity contribution in [2.75, 3.05) is 6.61 Å². The highest BCUT2D eigenvalue weighted by Crippen LogP contribution is 2.13. The lowest BCUT2D eigenvalue weighted by molar-refractivity contribution is -0.146. The lowest BCUT2D eigenvalue weighted by Gasteiger charge is -2.10. The van der Waals surface area contributed by atoms with E-state index in [0.717, 1.165) is 19.3 Å². The van der Waals surface area contributed by atoms with E-state index in [1.807, 2.05) is 25.1 Å². The Morgan fingerprint density at radius 2 is 2.12 bits per heavy atom. The Labute approximate surface area is 103 Å². The molecule has 0 aliphatic rings. The van der Waals surface area contributed by atoms with Crippen LogP contribution in [0.15, 0.2) is 43.0 Å². The van der Waals surface area contributed by atoms with E-state index in [1.165, 1.54) is 5.56 Å². The summed E-state index contributed by atoms with van der Waals surface area (Å²) in [6, 6.07) is 10.3. The van der Waals surface area contributed by atoms with Crippen LogP contribution in [-0.2, 0) is 16.0 Å². The van der Waals surface area contributed by atoms with Gasteiger partial charge < -0.3 is 4.74 Å². The Bertz CT molecular complexity index is 343. The molecule has 0 saturated heterocycles. The predicted octanol–water partition coefficient (Wildman–Crippen LogP) is 3.37. The van der Waals surface area contributed by atoms with E-state index in [-0.39, 0.29) is 11.9 Å². The van der Waals surface area contributed by atoms with Crippen molar-refractivity contribution in [1.82, 2.24) is 0 Å². The first kappa shape index (κ1) is 13.5. The van der Waals surface area contributed by atoms with E-state index in [1.54, 1.807) is 6.08 Å². The zero-order valence-corrected chi connectivity index (χ0v) is 10.4. The van der Waals surface area contributed by atoms with E-state index >= 15 is 0 Å². The average molecular weight is 232 g/mol. The third-order valence-corrected chi connectivity index (χ3v) is 2.70. The molecule has 92 valence electrons. The van der Waals surface area contributed by atoms with Gasteiger partial charge >= 0.3 is 5.97 Å². The second kappa shape index (κ2) is 7.66. The van der Waals surface area contributed by atoms with Crippen molar-refractivity contribution in [3.63, 3.8) is 0 Å². The molecule has 1 atom stereocenters. The van der Waals surface area contributed by atoms with E-state index in [0.29, 0.717) is 6.61 Å². The van der Waals surface area contributed by atoms with Crippen LogP contribution in [0.2, 0.25) is 0 Å². The third kappa shape index (κ3) is 4.85. The van der Waals surface area contributed by atoms with Crippen LogP contribution in [0.25, 0.3) is 0 Å². The molecule has 0 fully saturated rings. The van der Waals surface area contributed by atoms with Gasteiger partial charge in [-0.2, -0.15) is 0 Å². The lowest BCUT2D eigenvalue weighted by atomic mass is 10.00. The first-order valence-corrected chi connectivity index (χ1v) is 6.11. The molecule has 0 radical (unpaired) electrons. The fourth-order valence-electron chi connectivity index (χ4n) is 1.75. The van der Waals surface area contributed by atoms with E-state index in [9.17, 15) is 4.79 Å². The number of carbonyl (C=O) groups is 1. The topological polar surface area (TPSA) is 26.3 Å². The lowest BCUT2D eigenvalue weighted by Crippen LogP contribution is -2.15. The Balaban J connectivity index is 2.33. The highest BCUT2D eigenvalue weighted by molar-refractivity contribution is 5.74. The fraction of sp³-hybridized carbons (Fsp3) is 0.400. The summed E-state index contributed by atoms with van der Waals surface area (Å²) < 4.78 is 4.99. The minimum atomic E-state index is -0.168. The van der Waals surface area contributed by atoms with Crippen LogP contribution in [-0.4, -0.2) is 12.6 Å². The molecule has 1 rings (SSSR count). The summed E-state index contributed by atoms with van der Waals surface area (Å²) in [7, 11) is 0. The molecule has 2 heteroatoms. The number of ether oxygens (including phenoxy) is 1. The summed E-state index contributed by atoms with van der Waals surface area (Å²) in [5.41, 5.74) is 1.30. The SMILES string of the molecule is C=C[C@H](CCCc1ccccc1)C(=O)OCC. The molecule has 0 bridgehead atoms. The minimum absolute atomic E-state index is 0.157. The van der Waals surface area contributed by atoms with Crippen molar-refractivity contribution in [2.45, 2.75) is 26.2 Å². The van der Waals surface area contributed by atoms with Gasteiger partial charge in [-0.25, -0.2) is 0 Å². The van der Waals surface area contributed by atoms with Gasteiger partial charge in [-0.05, 0) is 31.7 Å². The van der Waals surface area contributed by atoms with Crippen LogP contribution in [0, 0.1) is 5.92 Å². The quantitative estimate of drug-likeness (QED) is 0.532. The molecule has 1 aromatic rings. The molecule has 0 saturated carbocycles. The van der Waals surface area contributed by atoms with Gasteiger partial charge in [-0.1, -0.05) is 36.4 Å². The number of aryl methyl sites for hydroxylation is 1. The normalized spacial score (nSPS) is 11.8. The van der Waals surface area contributed by atoms with Gasteiger partial charge in [0, 0.05) is 0 Å². The number of esters is 1. The Morgan fingerprint density at radius 1 is 1.41 bits per heavy atom. The second-order valence-corrected chi connectivity index (χ2v) is 3.97. The summed E-state index contributed by atoms with van der Waals surface area (Å²) in [4.78, 5) is 11.5. The maximum absolute atomic E-state index is 11.5.